The lowest BCUT2D eigenvalue weighted by Gasteiger charge is -2.36. The van der Waals surface area contributed by atoms with Crippen LogP contribution in [-0.4, -0.2) is 34.6 Å². The molecule has 2 rings (SSSR count). The van der Waals surface area contributed by atoms with Crippen molar-refractivity contribution in [2.75, 3.05) is 0 Å². The summed E-state index contributed by atoms with van der Waals surface area (Å²) in [6.07, 6.45) is 0. The number of carbonyl (C=O) groups excluding carboxylic acids is 3. The van der Waals surface area contributed by atoms with E-state index < -0.39 is 46.9 Å². The molecule has 0 aromatic carbocycles. The minimum atomic E-state index is -1.73. The van der Waals surface area contributed by atoms with Crippen LogP contribution in [0.2, 0.25) is 0 Å². The van der Waals surface area contributed by atoms with Crippen molar-refractivity contribution < 1.29 is 38.4 Å². The molecule has 0 aromatic rings. The third-order valence-corrected chi connectivity index (χ3v) is 2.58. The highest BCUT2D eigenvalue weighted by atomic mass is 16.8. The Hall–Kier alpha value is -2.25. The lowest BCUT2D eigenvalue weighted by atomic mass is 9.97. The van der Waals surface area contributed by atoms with Gasteiger partial charge < -0.3 is 24.1 Å². The number of cyclic esters (lactones) is 3. The minimum absolute atomic E-state index is 0.630. The molecule has 0 radical (unpaired) electrons. The molecule has 1 N–H and O–H groups in total. The van der Waals surface area contributed by atoms with Gasteiger partial charge in [0.25, 0.3) is 17.5 Å². The predicted molar refractivity (Wildman–Crippen MR) is 60.7 cm³/mol. The van der Waals surface area contributed by atoms with Gasteiger partial charge in [0.2, 0.25) is 0 Å². The van der Waals surface area contributed by atoms with Crippen LogP contribution in [0.3, 0.4) is 0 Å². The molecular weight excluding hydrogens is 272 g/mol. The zero-order valence-electron chi connectivity index (χ0n) is 11.4. The minimum Gasteiger partial charge on any atom is -0.480 e. The zero-order chi connectivity index (χ0) is 15.3. The summed E-state index contributed by atoms with van der Waals surface area (Å²) in [5.41, 5.74) is -0.630. The third kappa shape index (κ3) is 2.40. The second kappa shape index (κ2) is 4.12. The van der Waals surface area contributed by atoms with E-state index in [1.807, 2.05) is 0 Å². The summed E-state index contributed by atoms with van der Waals surface area (Å²) >= 11 is 0. The predicted octanol–water partition coefficient (Wildman–Crippen LogP) is 0.518. The van der Waals surface area contributed by atoms with Crippen molar-refractivity contribution >= 4 is 17.9 Å². The number of esters is 3. The molecule has 0 aromatic heterocycles. The number of carbonyl (C=O) groups is 3. The topological polar surface area (TPSA) is 108 Å². The van der Waals surface area contributed by atoms with E-state index in [0.29, 0.717) is 0 Å². The van der Waals surface area contributed by atoms with Crippen molar-refractivity contribution in [2.24, 2.45) is 5.92 Å². The smallest absolute Gasteiger partial charge is 0.346 e. The normalized spacial score (nSPS) is 25.5. The van der Waals surface area contributed by atoms with E-state index >= 15 is 0 Å². The van der Waals surface area contributed by atoms with Crippen LogP contribution >= 0.6 is 0 Å². The first-order valence-corrected chi connectivity index (χ1v) is 5.83. The van der Waals surface area contributed by atoms with Crippen LogP contribution in [0.5, 0.6) is 0 Å². The fourth-order valence-electron chi connectivity index (χ4n) is 1.87. The average molecular weight is 286 g/mol. The van der Waals surface area contributed by atoms with Crippen LogP contribution in [-0.2, 0) is 33.3 Å². The molecule has 0 atom stereocenters. The van der Waals surface area contributed by atoms with E-state index in [1.54, 1.807) is 0 Å². The first kappa shape index (κ1) is 14.2. The van der Waals surface area contributed by atoms with E-state index in [9.17, 15) is 19.5 Å². The van der Waals surface area contributed by atoms with Crippen molar-refractivity contribution in [3.05, 3.63) is 11.5 Å². The molecule has 0 unspecified atom stereocenters. The third-order valence-electron chi connectivity index (χ3n) is 2.58. The van der Waals surface area contributed by atoms with Gasteiger partial charge in [0, 0.05) is 27.7 Å². The average Bonchev–Trinajstić information content (AvgIpc) is 2.17. The molecule has 0 aliphatic carbocycles. The van der Waals surface area contributed by atoms with Crippen molar-refractivity contribution in [1.29, 1.82) is 0 Å². The van der Waals surface area contributed by atoms with E-state index in [2.05, 4.69) is 0 Å². The van der Waals surface area contributed by atoms with Crippen LogP contribution in [0, 0.1) is 5.92 Å². The van der Waals surface area contributed by atoms with Crippen LogP contribution < -0.4 is 0 Å². The number of rotatable bonds is 1. The van der Waals surface area contributed by atoms with Gasteiger partial charge in [0.05, 0.1) is 0 Å². The first-order chi connectivity index (χ1) is 9.02. The Morgan fingerprint density at radius 3 is 1.75 bits per heavy atom. The highest BCUT2D eigenvalue weighted by Gasteiger charge is 2.52. The molecular formula is C12H14O8. The molecule has 1 saturated heterocycles. The van der Waals surface area contributed by atoms with Gasteiger partial charge in [-0.1, -0.05) is 0 Å². The maximum absolute atomic E-state index is 11.8. The fraction of sp³-hybridized carbons (Fsp3) is 0.583. The lowest BCUT2D eigenvalue weighted by Crippen LogP contribution is -2.50. The summed E-state index contributed by atoms with van der Waals surface area (Å²) in [5, 5.41) is 9.73. The molecule has 20 heavy (non-hydrogen) atoms. The first-order valence-electron chi connectivity index (χ1n) is 5.83. The SMILES string of the molecule is CC1(C)OC(=O)C(C2=C(O)OC(C)(C)OC2=O)C(=O)O1. The second-order valence-electron chi connectivity index (χ2n) is 5.29. The summed E-state index contributed by atoms with van der Waals surface area (Å²) in [7, 11) is 0. The van der Waals surface area contributed by atoms with E-state index in [4.69, 9.17) is 18.9 Å². The highest BCUT2D eigenvalue weighted by Crippen LogP contribution is 2.34. The molecule has 0 amide bonds. The number of hydrogen-bond acceptors (Lipinski definition) is 8. The molecule has 0 bridgehead atoms. The lowest BCUT2D eigenvalue weighted by molar-refractivity contribution is -0.244. The van der Waals surface area contributed by atoms with Crippen molar-refractivity contribution in [1.82, 2.24) is 0 Å². The maximum Gasteiger partial charge on any atom is 0.346 e. The Bertz CT molecular complexity index is 508. The van der Waals surface area contributed by atoms with Gasteiger partial charge in [0.1, 0.15) is 5.57 Å². The molecule has 0 saturated carbocycles. The summed E-state index contributed by atoms with van der Waals surface area (Å²) < 4.78 is 19.5. The Morgan fingerprint density at radius 2 is 1.30 bits per heavy atom. The Kier molecular flexibility index (Phi) is 2.92. The van der Waals surface area contributed by atoms with Gasteiger partial charge in [-0.25, -0.2) is 4.79 Å². The summed E-state index contributed by atoms with van der Waals surface area (Å²) in [6, 6.07) is 0. The van der Waals surface area contributed by atoms with Gasteiger partial charge in [0.15, 0.2) is 5.92 Å². The van der Waals surface area contributed by atoms with Crippen molar-refractivity contribution in [3.8, 4) is 0 Å². The Balaban J connectivity index is 2.39. The largest absolute Gasteiger partial charge is 0.480 e. The second-order valence-corrected chi connectivity index (χ2v) is 5.29. The Labute approximate surface area is 114 Å². The molecule has 8 heteroatoms. The van der Waals surface area contributed by atoms with Crippen molar-refractivity contribution in [2.45, 2.75) is 39.3 Å². The zero-order valence-corrected chi connectivity index (χ0v) is 11.4. The van der Waals surface area contributed by atoms with Gasteiger partial charge in [-0.05, 0) is 0 Å². The Morgan fingerprint density at radius 1 is 0.850 bits per heavy atom. The van der Waals surface area contributed by atoms with Gasteiger partial charge >= 0.3 is 17.9 Å². The van der Waals surface area contributed by atoms with Gasteiger partial charge in [-0.15, -0.1) is 0 Å². The quantitative estimate of drug-likeness (QED) is 0.549. The highest BCUT2D eigenvalue weighted by molar-refractivity contribution is 6.08. The van der Waals surface area contributed by atoms with Gasteiger partial charge in [-0.2, -0.15) is 0 Å². The molecule has 2 aliphatic rings. The maximum atomic E-state index is 11.8. The molecule has 2 aliphatic heterocycles. The van der Waals surface area contributed by atoms with Gasteiger partial charge in [-0.3, -0.25) is 9.59 Å². The standard InChI is InChI=1S/C12H14O8/c1-11(2)17-7(13)5(8(14)18-11)6-9(15)19-12(3,4)20-10(6)16/h5,15H,1-4H3. The fourth-order valence-corrected chi connectivity index (χ4v) is 1.87. The monoisotopic (exact) mass is 286 g/mol. The molecule has 110 valence electrons. The summed E-state index contributed by atoms with van der Waals surface area (Å²) in [5.74, 6) is -8.50. The number of hydrogen-bond donors (Lipinski definition) is 1. The number of aliphatic hydroxyl groups is 1. The molecule has 0 spiro atoms. The number of aliphatic hydroxyl groups excluding tert-OH is 1. The molecule has 8 nitrogen and oxygen atoms in total. The van der Waals surface area contributed by atoms with Crippen molar-refractivity contribution in [3.63, 3.8) is 0 Å². The van der Waals surface area contributed by atoms with E-state index in [-0.39, 0.29) is 0 Å². The molecule has 1 fully saturated rings. The van der Waals surface area contributed by atoms with Crippen LogP contribution in [0.4, 0.5) is 0 Å². The van der Waals surface area contributed by atoms with E-state index in [0.717, 1.165) is 0 Å². The van der Waals surface area contributed by atoms with E-state index in [1.165, 1.54) is 27.7 Å². The summed E-state index contributed by atoms with van der Waals surface area (Å²) in [6.45, 7) is 5.51. The molecule has 2 heterocycles. The summed E-state index contributed by atoms with van der Waals surface area (Å²) in [4.78, 5) is 35.5. The van der Waals surface area contributed by atoms with Crippen LogP contribution in [0.25, 0.3) is 0 Å². The van der Waals surface area contributed by atoms with Crippen LogP contribution in [0.1, 0.15) is 27.7 Å². The van der Waals surface area contributed by atoms with Crippen LogP contribution in [0.15, 0.2) is 11.5 Å². The number of ether oxygens (including phenoxy) is 4.